The van der Waals surface area contributed by atoms with Crippen LogP contribution >= 0.6 is 0 Å². The van der Waals surface area contributed by atoms with Crippen molar-refractivity contribution in [1.29, 1.82) is 0 Å². The molecule has 0 aliphatic heterocycles. The number of anilines is 3. The van der Waals surface area contributed by atoms with E-state index in [4.69, 9.17) is 4.74 Å². The lowest BCUT2D eigenvalue weighted by Crippen LogP contribution is -2.10. The van der Waals surface area contributed by atoms with Gasteiger partial charge in [-0.2, -0.15) is 0 Å². The lowest BCUT2D eigenvalue weighted by atomic mass is 10.1. The van der Waals surface area contributed by atoms with Crippen molar-refractivity contribution in [3.05, 3.63) is 76.6 Å². The van der Waals surface area contributed by atoms with Gasteiger partial charge < -0.3 is 15.4 Å². The summed E-state index contributed by atoms with van der Waals surface area (Å²) in [6.07, 6.45) is 4.10. The summed E-state index contributed by atoms with van der Waals surface area (Å²) in [6.45, 7) is 3.29. The Morgan fingerprint density at radius 2 is 1.77 bits per heavy atom. The lowest BCUT2D eigenvalue weighted by molar-refractivity contribution is -0.383. The van der Waals surface area contributed by atoms with E-state index in [2.05, 4.69) is 27.5 Å². The third-order valence-corrected chi connectivity index (χ3v) is 4.44. The quantitative estimate of drug-likeness (QED) is 0.263. The van der Waals surface area contributed by atoms with Crippen LogP contribution in [0.15, 0.2) is 60.9 Å². The van der Waals surface area contributed by atoms with Crippen LogP contribution in [-0.2, 0) is 6.42 Å². The van der Waals surface area contributed by atoms with Crippen molar-refractivity contribution in [2.24, 2.45) is 0 Å². The van der Waals surface area contributed by atoms with Crippen LogP contribution < -0.4 is 15.4 Å². The molecule has 0 unspecified atom stereocenters. The summed E-state index contributed by atoms with van der Waals surface area (Å²) in [4.78, 5) is 19.4. The number of hydrogen-bond donors (Lipinski definition) is 2. The predicted molar refractivity (Wildman–Crippen MR) is 117 cm³/mol. The van der Waals surface area contributed by atoms with Crippen LogP contribution in [0.4, 0.5) is 23.0 Å². The van der Waals surface area contributed by atoms with Gasteiger partial charge in [0.25, 0.3) is 0 Å². The highest BCUT2D eigenvalue weighted by atomic mass is 16.6. The van der Waals surface area contributed by atoms with Crippen molar-refractivity contribution >= 4 is 23.0 Å². The molecular formula is C22H25N5O3. The van der Waals surface area contributed by atoms with E-state index in [1.54, 1.807) is 12.1 Å². The topological polar surface area (TPSA) is 102 Å². The number of rotatable bonds is 11. The van der Waals surface area contributed by atoms with Gasteiger partial charge in [0, 0.05) is 12.2 Å². The molecule has 8 nitrogen and oxygen atoms in total. The molecule has 0 atom stereocenters. The van der Waals surface area contributed by atoms with E-state index in [-0.39, 0.29) is 17.3 Å². The molecule has 156 valence electrons. The first kappa shape index (κ1) is 21.0. The van der Waals surface area contributed by atoms with E-state index >= 15 is 0 Å². The summed E-state index contributed by atoms with van der Waals surface area (Å²) in [7, 11) is 0. The van der Waals surface area contributed by atoms with Gasteiger partial charge in [-0.15, -0.1) is 0 Å². The zero-order valence-corrected chi connectivity index (χ0v) is 16.9. The molecule has 0 saturated heterocycles. The van der Waals surface area contributed by atoms with Gasteiger partial charge in [-0.05, 0) is 42.7 Å². The molecule has 0 bridgehead atoms. The van der Waals surface area contributed by atoms with Crippen molar-refractivity contribution in [3.8, 4) is 5.75 Å². The maximum Gasteiger partial charge on any atom is 0.353 e. The van der Waals surface area contributed by atoms with Crippen molar-refractivity contribution < 1.29 is 9.66 Å². The minimum absolute atomic E-state index is 0.136. The Morgan fingerprint density at radius 1 is 1.03 bits per heavy atom. The summed E-state index contributed by atoms with van der Waals surface area (Å²) in [5.74, 6) is 1.08. The zero-order chi connectivity index (χ0) is 21.2. The first-order chi connectivity index (χ1) is 14.7. The van der Waals surface area contributed by atoms with Gasteiger partial charge >= 0.3 is 5.69 Å². The Bertz CT molecular complexity index is 949. The normalized spacial score (nSPS) is 10.4. The number of benzene rings is 2. The predicted octanol–water partition coefficient (Wildman–Crippen LogP) is 4.96. The molecule has 3 aromatic rings. The summed E-state index contributed by atoms with van der Waals surface area (Å²) < 4.78 is 5.64. The summed E-state index contributed by atoms with van der Waals surface area (Å²) in [5, 5.41) is 17.8. The van der Waals surface area contributed by atoms with Crippen molar-refractivity contribution in [1.82, 2.24) is 9.97 Å². The highest BCUT2D eigenvalue weighted by Crippen LogP contribution is 2.31. The van der Waals surface area contributed by atoms with Gasteiger partial charge in [-0.1, -0.05) is 43.7 Å². The standard InChI is InChI=1S/C22H25N5O3/c1-2-3-15-30-19-11-9-18(10-12-19)26-22-20(27(28)29)21(24-16-25-22)23-14-13-17-7-5-4-6-8-17/h4-12,16H,2-3,13-15H2,1H3,(H2,23,24,25,26). The molecule has 8 heteroatoms. The zero-order valence-electron chi connectivity index (χ0n) is 16.9. The monoisotopic (exact) mass is 407 g/mol. The Morgan fingerprint density at radius 3 is 2.47 bits per heavy atom. The number of unbranched alkanes of at least 4 members (excludes halogenated alkanes) is 1. The van der Waals surface area contributed by atoms with E-state index in [9.17, 15) is 10.1 Å². The van der Waals surface area contributed by atoms with E-state index in [0.717, 1.165) is 30.6 Å². The maximum absolute atomic E-state index is 11.7. The third-order valence-electron chi connectivity index (χ3n) is 4.44. The number of nitrogens with zero attached hydrogens (tertiary/aromatic N) is 3. The van der Waals surface area contributed by atoms with Crippen LogP contribution in [-0.4, -0.2) is 28.0 Å². The van der Waals surface area contributed by atoms with Crippen LogP contribution in [0, 0.1) is 10.1 Å². The molecule has 0 radical (unpaired) electrons. The van der Waals surface area contributed by atoms with Crippen LogP contribution in [0.2, 0.25) is 0 Å². The van der Waals surface area contributed by atoms with Crippen LogP contribution in [0.3, 0.4) is 0 Å². The van der Waals surface area contributed by atoms with Crippen molar-refractivity contribution in [3.63, 3.8) is 0 Å². The Kier molecular flexibility index (Phi) is 7.54. The first-order valence-corrected chi connectivity index (χ1v) is 9.94. The van der Waals surface area contributed by atoms with Crippen LogP contribution in [0.5, 0.6) is 5.75 Å². The van der Waals surface area contributed by atoms with E-state index < -0.39 is 4.92 Å². The molecule has 2 aromatic carbocycles. The molecule has 3 rings (SSSR count). The third kappa shape index (κ3) is 5.91. The SMILES string of the molecule is CCCCOc1ccc(Nc2ncnc(NCCc3ccccc3)c2[N+](=O)[O-])cc1. The molecular weight excluding hydrogens is 382 g/mol. The van der Waals surface area contributed by atoms with Gasteiger partial charge in [0.05, 0.1) is 11.5 Å². The van der Waals surface area contributed by atoms with Crippen LogP contribution in [0.1, 0.15) is 25.3 Å². The van der Waals surface area contributed by atoms with E-state index in [0.29, 0.717) is 18.8 Å². The Hall–Kier alpha value is -3.68. The summed E-state index contributed by atoms with van der Waals surface area (Å²) in [5.41, 5.74) is 1.63. The fourth-order valence-electron chi connectivity index (χ4n) is 2.85. The second-order valence-electron chi connectivity index (χ2n) is 6.69. The van der Waals surface area contributed by atoms with Gasteiger partial charge in [0.15, 0.2) is 0 Å². The average molecular weight is 407 g/mol. The van der Waals surface area contributed by atoms with Gasteiger partial charge in [-0.25, -0.2) is 9.97 Å². The Balaban J connectivity index is 1.68. The van der Waals surface area contributed by atoms with Crippen LogP contribution in [0.25, 0.3) is 0 Å². The maximum atomic E-state index is 11.7. The molecule has 0 aliphatic rings. The number of nitrogens with one attached hydrogen (secondary N) is 2. The smallest absolute Gasteiger partial charge is 0.353 e. The molecule has 0 spiro atoms. The number of ether oxygens (including phenoxy) is 1. The van der Waals surface area contributed by atoms with Crippen molar-refractivity contribution in [2.45, 2.75) is 26.2 Å². The highest BCUT2D eigenvalue weighted by molar-refractivity contribution is 5.73. The Labute approximate surface area is 175 Å². The second kappa shape index (κ2) is 10.8. The van der Waals surface area contributed by atoms with Gasteiger partial charge in [0.2, 0.25) is 11.6 Å². The average Bonchev–Trinajstić information content (AvgIpc) is 2.76. The highest BCUT2D eigenvalue weighted by Gasteiger charge is 2.23. The summed E-state index contributed by atoms with van der Waals surface area (Å²) in [6, 6.07) is 17.2. The second-order valence-corrected chi connectivity index (χ2v) is 6.69. The fraction of sp³-hybridized carbons (Fsp3) is 0.273. The van der Waals surface area contributed by atoms with Gasteiger partial charge in [-0.3, -0.25) is 10.1 Å². The minimum Gasteiger partial charge on any atom is -0.494 e. The molecule has 0 amide bonds. The molecule has 0 fully saturated rings. The van der Waals surface area contributed by atoms with E-state index in [1.807, 2.05) is 42.5 Å². The summed E-state index contributed by atoms with van der Waals surface area (Å²) >= 11 is 0. The minimum atomic E-state index is -0.477. The number of hydrogen-bond acceptors (Lipinski definition) is 7. The molecule has 0 saturated carbocycles. The number of nitro groups is 1. The largest absolute Gasteiger partial charge is 0.494 e. The molecule has 1 aromatic heterocycles. The molecule has 0 aliphatic carbocycles. The van der Waals surface area contributed by atoms with Gasteiger partial charge in [0.1, 0.15) is 12.1 Å². The van der Waals surface area contributed by atoms with Crippen molar-refractivity contribution in [2.75, 3.05) is 23.8 Å². The molecule has 1 heterocycles. The number of aromatic nitrogens is 2. The molecule has 30 heavy (non-hydrogen) atoms. The first-order valence-electron chi connectivity index (χ1n) is 9.94. The molecule has 2 N–H and O–H groups in total. The fourth-order valence-corrected chi connectivity index (χ4v) is 2.85. The lowest BCUT2D eigenvalue weighted by Gasteiger charge is -2.11. The van der Waals surface area contributed by atoms with E-state index in [1.165, 1.54) is 6.33 Å².